The Hall–Kier alpha value is -1.95. The van der Waals surface area contributed by atoms with Crippen LogP contribution in [0.25, 0.3) is 10.8 Å². The number of benzene rings is 2. The molecule has 116 valence electrons. The van der Waals surface area contributed by atoms with Gasteiger partial charge >= 0.3 is 0 Å². The van der Waals surface area contributed by atoms with Gasteiger partial charge in [0.1, 0.15) is 0 Å². The highest BCUT2D eigenvalue weighted by atomic mass is 35.5. The minimum atomic E-state index is -3.98. The Morgan fingerprint density at radius 3 is 2.30 bits per heavy atom. The molecule has 0 bridgehead atoms. The van der Waals surface area contributed by atoms with Crippen LogP contribution in [-0.4, -0.2) is 19.9 Å². The van der Waals surface area contributed by atoms with Gasteiger partial charge in [0.05, 0.1) is 20.7 Å². The topological polar surface area (TPSA) is 63.6 Å². The van der Waals surface area contributed by atoms with Crippen LogP contribution in [0.15, 0.2) is 74.0 Å². The van der Waals surface area contributed by atoms with E-state index in [4.69, 9.17) is 23.2 Å². The van der Waals surface area contributed by atoms with Crippen molar-refractivity contribution in [1.29, 1.82) is 0 Å². The lowest BCUT2D eigenvalue weighted by atomic mass is 10.1. The highest BCUT2D eigenvalue weighted by Crippen LogP contribution is 2.24. The Kier molecular flexibility index (Phi) is 4.10. The van der Waals surface area contributed by atoms with Crippen molar-refractivity contribution in [1.82, 2.24) is 0 Å². The van der Waals surface area contributed by atoms with E-state index in [9.17, 15) is 13.2 Å². The number of carbonyl (C=O) groups is 1. The van der Waals surface area contributed by atoms with E-state index in [1.54, 1.807) is 6.07 Å². The minimum Gasteiger partial charge on any atom is -0.288 e. The Labute approximate surface area is 142 Å². The molecule has 0 aromatic heterocycles. The van der Waals surface area contributed by atoms with Crippen LogP contribution in [0.3, 0.4) is 0 Å². The maximum absolute atomic E-state index is 12.4. The van der Waals surface area contributed by atoms with E-state index in [1.165, 1.54) is 12.1 Å². The average molecular weight is 366 g/mol. The van der Waals surface area contributed by atoms with Crippen molar-refractivity contribution >= 4 is 55.5 Å². The molecule has 0 aliphatic heterocycles. The van der Waals surface area contributed by atoms with Crippen LogP contribution in [0.2, 0.25) is 0 Å². The first-order chi connectivity index (χ1) is 10.9. The number of allylic oxidation sites excluding steroid dienone is 4. The molecule has 1 aliphatic rings. The van der Waals surface area contributed by atoms with Crippen molar-refractivity contribution in [2.75, 3.05) is 0 Å². The average Bonchev–Trinajstić information content (AvgIpc) is 2.52. The van der Waals surface area contributed by atoms with Crippen molar-refractivity contribution in [3.8, 4) is 0 Å². The van der Waals surface area contributed by atoms with Gasteiger partial charge in [-0.2, -0.15) is 12.8 Å². The summed E-state index contributed by atoms with van der Waals surface area (Å²) in [5.74, 6) is -0.487. The third kappa shape index (κ3) is 3.22. The molecule has 0 N–H and O–H groups in total. The molecule has 4 nitrogen and oxygen atoms in total. The van der Waals surface area contributed by atoms with Gasteiger partial charge in [0, 0.05) is 6.08 Å². The summed E-state index contributed by atoms with van der Waals surface area (Å²) < 4.78 is 28.6. The fraction of sp³-hybridized carbons (Fsp3) is 0. The Balaban J connectivity index is 2.09. The first-order valence-electron chi connectivity index (χ1n) is 6.50. The monoisotopic (exact) mass is 365 g/mol. The molecule has 0 fully saturated rings. The number of rotatable bonds is 2. The molecule has 23 heavy (non-hydrogen) atoms. The summed E-state index contributed by atoms with van der Waals surface area (Å²) in [6.45, 7) is 0. The summed E-state index contributed by atoms with van der Waals surface area (Å²) in [7, 11) is -3.98. The second kappa shape index (κ2) is 5.92. The van der Waals surface area contributed by atoms with E-state index in [0.717, 1.165) is 22.9 Å². The van der Waals surface area contributed by atoms with E-state index in [1.807, 2.05) is 24.3 Å². The van der Waals surface area contributed by atoms with Crippen molar-refractivity contribution in [3.05, 3.63) is 64.7 Å². The molecule has 1 aliphatic carbocycles. The lowest BCUT2D eigenvalue weighted by Crippen LogP contribution is -2.10. The van der Waals surface area contributed by atoms with Gasteiger partial charge in [-0.3, -0.25) is 4.79 Å². The van der Waals surface area contributed by atoms with Gasteiger partial charge in [-0.15, -0.1) is 0 Å². The number of nitrogens with zero attached hydrogens (tertiary/aromatic N) is 1. The molecule has 7 heteroatoms. The van der Waals surface area contributed by atoms with E-state index in [-0.39, 0.29) is 20.7 Å². The molecule has 0 radical (unpaired) electrons. The lowest BCUT2D eigenvalue weighted by molar-refractivity contribution is -0.110. The number of fused-ring (bicyclic) bond motifs is 1. The molecule has 0 heterocycles. The Morgan fingerprint density at radius 2 is 1.57 bits per heavy atom. The molecular formula is C16H9Cl2NO3S. The molecule has 2 aromatic rings. The van der Waals surface area contributed by atoms with Gasteiger partial charge in [0.2, 0.25) is 0 Å². The highest BCUT2D eigenvalue weighted by Gasteiger charge is 2.20. The van der Waals surface area contributed by atoms with Gasteiger partial charge in [-0.1, -0.05) is 53.5 Å². The maximum atomic E-state index is 12.4. The number of halogens is 2. The Bertz CT molecular complexity index is 1020. The first kappa shape index (κ1) is 15.9. The van der Waals surface area contributed by atoms with E-state index in [2.05, 4.69) is 4.40 Å². The van der Waals surface area contributed by atoms with Crippen LogP contribution in [0.1, 0.15) is 0 Å². The zero-order chi connectivity index (χ0) is 16.6. The summed E-state index contributed by atoms with van der Waals surface area (Å²) in [4.78, 5) is 11.4. The van der Waals surface area contributed by atoms with Gasteiger partial charge < -0.3 is 0 Å². The fourth-order valence-electron chi connectivity index (χ4n) is 2.10. The number of hydrogen-bond acceptors (Lipinski definition) is 3. The molecule has 0 saturated carbocycles. The van der Waals surface area contributed by atoms with Gasteiger partial charge in [-0.05, 0) is 29.0 Å². The zero-order valence-corrected chi connectivity index (χ0v) is 13.9. The maximum Gasteiger partial charge on any atom is 0.282 e. The highest BCUT2D eigenvalue weighted by molar-refractivity contribution is 7.90. The molecule has 0 amide bonds. The van der Waals surface area contributed by atoms with E-state index < -0.39 is 15.8 Å². The summed E-state index contributed by atoms with van der Waals surface area (Å²) >= 11 is 11.6. The van der Waals surface area contributed by atoms with Gasteiger partial charge in [0.15, 0.2) is 5.78 Å². The van der Waals surface area contributed by atoms with Crippen LogP contribution < -0.4 is 0 Å². The van der Waals surface area contributed by atoms with Crippen molar-refractivity contribution < 1.29 is 13.2 Å². The van der Waals surface area contributed by atoms with Gasteiger partial charge in [-0.25, -0.2) is 0 Å². The summed E-state index contributed by atoms with van der Waals surface area (Å²) in [6.07, 6.45) is 2.18. The van der Waals surface area contributed by atoms with Crippen molar-refractivity contribution in [2.45, 2.75) is 4.90 Å². The standard InChI is InChI=1S/C16H9Cl2NO3S/c17-13-9-16(20)14(18)8-15(13)19-23(21,22)12-6-5-10-3-1-2-4-11(10)7-12/h1-9H/b19-15+. The van der Waals surface area contributed by atoms with Crippen LogP contribution in [0, 0.1) is 0 Å². The summed E-state index contributed by atoms with van der Waals surface area (Å²) in [5, 5.41) is 1.50. The summed E-state index contributed by atoms with van der Waals surface area (Å²) in [6, 6.07) is 12.1. The molecule has 0 unspecified atom stereocenters. The summed E-state index contributed by atoms with van der Waals surface area (Å²) in [5.41, 5.74) is -0.0653. The van der Waals surface area contributed by atoms with E-state index >= 15 is 0 Å². The second-order valence-electron chi connectivity index (χ2n) is 4.81. The predicted molar refractivity (Wildman–Crippen MR) is 91.4 cm³/mol. The third-order valence-corrected chi connectivity index (χ3v) is 5.12. The van der Waals surface area contributed by atoms with Crippen LogP contribution in [0.4, 0.5) is 0 Å². The Morgan fingerprint density at radius 1 is 0.870 bits per heavy atom. The number of hydrogen-bond donors (Lipinski definition) is 0. The molecule has 2 aromatic carbocycles. The van der Waals surface area contributed by atoms with E-state index in [0.29, 0.717) is 0 Å². The molecular weight excluding hydrogens is 357 g/mol. The molecule has 0 saturated heterocycles. The third-order valence-electron chi connectivity index (χ3n) is 3.24. The predicted octanol–water partition coefficient (Wildman–Crippen LogP) is 3.80. The first-order valence-corrected chi connectivity index (χ1v) is 8.69. The van der Waals surface area contributed by atoms with Crippen molar-refractivity contribution in [3.63, 3.8) is 0 Å². The van der Waals surface area contributed by atoms with Crippen molar-refractivity contribution in [2.24, 2.45) is 4.40 Å². The number of carbonyl (C=O) groups excluding carboxylic acids is 1. The molecule has 0 spiro atoms. The van der Waals surface area contributed by atoms with Crippen LogP contribution >= 0.6 is 23.2 Å². The number of sulfonamides is 1. The SMILES string of the molecule is O=C1C=C(Cl)/C(=N/S(=O)(=O)c2ccc3ccccc3c2)C=C1Cl. The zero-order valence-electron chi connectivity index (χ0n) is 11.5. The quantitative estimate of drug-likeness (QED) is 0.760. The lowest BCUT2D eigenvalue weighted by Gasteiger charge is -2.07. The normalized spacial score (nSPS) is 17.3. The van der Waals surface area contributed by atoms with Crippen LogP contribution in [-0.2, 0) is 14.8 Å². The molecule has 3 rings (SSSR count). The van der Waals surface area contributed by atoms with Gasteiger partial charge in [0.25, 0.3) is 10.0 Å². The number of ketones is 1. The minimum absolute atomic E-state index is 0.0367. The second-order valence-corrected chi connectivity index (χ2v) is 7.23. The smallest absolute Gasteiger partial charge is 0.282 e. The van der Waals surface area contributed by atoms with Crippen LogP contribution in [0.5, 0.6) is 0 Å². The largest absolute Gasteiger partial charge is 0.288 e. The fourth-order valence-corrected chi connectivity index (χ4v) is 3.53. The molecule has 0 atom stereocenters.